The summed E-state index contributed by atoms with van der Waals surface area (Å²) in [6.45, 7) is 4.94. The highest BCUT2D eigenvalue weighted by Gasteiger charge is 2.24. The number of nitrogens with one attached hydrogen (secondary N) is 1. The molecule has 0 saturated carbocycles. The number of nitrogens with zero attached hydrogens (tertiary/aromatic N) is 6. The zero-order chi connectivity index (χ0) is 19.1. The number of hydrogen-bond acceptors (Lipinski definition) is 5. The van der Waals surface area contributed by atoms with Crippen molar-refractivity contribution in [3.05, 3.63) is 54.4 Å². The lowest BCUT2D eigenvalue weighted by Gasteiger charge is -2.22. The average Bonchev–Trinajstić information content (AvgIpc) is 3.29. The van der Waals surface area contributed by atoms with Gasteiger partial charge >= 0.3 is 0 Å². The Hall–Kier alpha value is -3.42. The van der Waals surface area contributed by atoms with Gasteiger partial charge in [0.2, 0.25) is 0 Å². The molecule has 1 saturated heterocycles. The van der Waals surface area contributed by atoms with E-state index < -0.39 is 0 Å². The number of imidazole rings is 1. The second kappa shape index (κ2) is 6.63. The number of rotatable bonds is 2. The van der Waals surface area contributed by atoms with E-state index in [2.05, 4.69) is 24.8 Å². The van der Waals surface area contributed by atoms with Crippen LogP contribution in [-0.4, -0.2) is 61.3 Å². The summed E-state index contributed by atoms with van der Waals surface area (Å²) in [5.41, 5.74) is 3.22. The largest absolute Gasteiger partial charge is 0.354 e. The van der Waals surface area contributed by atoms with Crippen molar-refractivity contribution in [1.29, 1.82) is 0 Å². The van der Waals surface area contributed by atoms with Crippen molar-refractivity contribution in [1.82, 2.24) is 29.2 Å². The minimum absolute atomic E-state index is 0.0144. The van der Waals surface area contributed by atoms with Gasteiger partial charge in [-0.05, 0) is 31.0 Å². The summed E-state index contributed by atoms with van der Waals surface area (Å²) in [7, 11) is 0. The maximum atomic E-state index is 13.0. The summed E-state index contributed by atoms with van der Waals surface area (Å²) < 4.78 is 1.91. The van der Waals surface area contributed by atoms with Crippen molar-refractivity contribution < 1.29 is 4.79 Å². The maximum Gasteiger partial charge on any atom is 0.274 e. The normalized spacial score (nSPS) is 15.3. The van der Waals surface area contributed by atoms with Crippen molar-refractivity contribution in [2.24, 2.45) is 0 Å². The smallest absolute Gasteiger partial charge is 0.274 e. The highest BCUT2D eigenvalue weighted by Crippen LogP contribution is 2.23. The molecule has 0 unspecified atom stereocenters. The van der Waals surface area contributed by atoms with E-state index >= 15 is 0 Å². The van der Waals surface area contributed by atoms with E-state index in [1.807, 2.05) is 53.0 Å². The van der Waals surface area contributed by atoms with Crippen molar-refractivity contribution in [3.63, 3.8) is 0 Å². The minimum atomic E-state index is -0.0144. The van der Waals surface area contributed by atoms with Crippen LogP contribution in [0.4, 0.5) is 5.82 Å². The summed E-state index contributed by atoms with van der Waals surface area (Å²) in [6, 6.07) is 5.97. The fourth-order valence-electron chi connectivity index (χ4n) is 3.86. The van der Waals surface area contributed by atoms with E-state index in [0.717, 1.165) is 47.6 Å². The van der Waals surface area contributed by atoms with Crippen molar-refractivity contribution in [2.75, 3.05) is 31.1 Å². The van der Waals surface area contributed by atoms with E-state index in [-0.39, 0.29) is 5.91 Å². The molecule has 0 spiro atoms. The van der Waals surface area contributed by atoms with Gasteiger partial charge in [-0.15, -0.1) is 0 Å². The first-order chi connectivity index (χ1) is 13.7. The molecule has 5 heterocycles. The predicted octanol–water partition coefficient (Wildman–Crippen LogP) is 2.27. The van der Waals surface area contributed by atoms with E-state index in [1.54, 1.807) is 6.33 Å². The predicted molar refractivity (Wildman–Crippen MR) is 107 cm³/mol. The molecular formula is C20H21N7O. The first-order valence-electron chi connectivity index (χ1n) is 9.47. The molecule has 1 N–H and O–H groups in total. The first-order valence-corrected chi connectivity index (χ1v) is 9.47. The summed E-state index contributed by atoms with van der Waals surface area (Å²) in [6.07, 6.45) is 8.09. The second-order valence-electron chi connectivity index (χ2n) is 7.12. The Bertz CT molecular complexity index is 1160. The zero-order valence-electron chi connectivity index (χ0n) is 15.7. The van der Waals surface area contributed by atoms with Crippen LogP contribution < -0.4 is 4.90 Å². The number of amides is 1. The van der Waals surface area contributed by atoms with Crippen LogP contribution in [0.15, 0.2) is 43.1 Å². The third-order valence-electron chi connectivity index (χ3n) is 5.31. The number of aryl methyl sites for hydroxylation is 1. The summed E-state index contributed by atoms with van der Waals surface area (Å²) >= 11 is 0. The molecule has 142 valence electrons. The molecule has 4 aromatic heterocycles. The Labute approximate surface area is 161 Å². The van der Waals surface area contributed by atoms with E-state index in [0.29, 0.717) is 18.8 Å². The third kappa shape index (κ3) is 2.77. The quantitative estimate of drug-likeness (QED) is 0.581. The maximum absolute atomic E-state index is 13.0. The number of carbonyl (C=O) groups excluding carboxylic acids is 1. The molecule has 1 aliphatic heterocycles. The van der Waals surface area contributed by atoms with E-state index in [1.165, 1.54) is 0 Å². The van der Waals surface area contributed by atoms with Gasteiger partial charge in [0.1, 0.15) is 29.1 Å². The number of anilines is 1. The number of aromatic amines is 1. The molecule has 0 aliphatic carbocycles. The Balaban J connectivity index is 1.37. The first kappa shape index (κ1) is 16.7. The van der Waals surface area contributed by atoms with Crippen LogP contribution in [0, 0.1) is 6.92 Å². The third-order valence-corrected chi connectivity index (χ3v) is 5.31. The van der Waals surface area contributed by atoms with E-state index in [9.17, 15) is 4.79 Å². The Morgan fingerprint density at radius 3 is 2.96 bits per heavy atom. The SMILES string of the molecule is Cc1cccn2cc(C(=O)N3CCCN(c4ncnc5[nH]ccc45)CC3)nc12. The number of hydrogen-bond donors (Lipinski definition) is 1. The number of aromatic nitrogens is 5. The molecule has 1 amide bonds. The fraction of sp³-hybridized carbons (Fsp3) is 0.300. The van der Waals surface area contributed by atoms with Gasteiger partial charge in [-0.1, -0.05) is 6.07 Å². The van der Waals surface area contributed by atoms with Crippen molar-refractivity contribution >= 4 is 28.4 Å². The van der Waals surface area contributed by atoms with Crippen LogP contribution in [0.25, 0.3) is 16.7 Å². The Morgan fingerprint density at radius 2 is 2.07 bits per heavy atom. The molecule has 1 fully saturated rings. The van der Waals surface area contributed by atoms with Crippen LogP contribution in [0.3, 0.4) is 0 Å². The van der Waals surface area contributed by atoms with Gasteiger partial charge in [0.25, 0.3) is 5.91 Å². The molecule has 0 atom stereocenters. The van der Waals surface area contributed by atoms with Gasteiger partial charge in [-0.25, -0.2) is 15.0 Å². The number of fused-ring (bicyclic) bond motifs is 2. The molecule has 1 aliphatic rings. The van der Waals surface area contributed by atoms with Gasteiger partial charge < -0.3 is 19.2 Å². The van der Waals surface area contributed by atoms with Crippen LogP contribution in [-0.2, 0) is 0 Å². The van der Waals surface area contributed by atoms with Crippen LogP contribution in [0.2, 0.25) is 0 Å². The standard InChI is InChI=1S/C20H21N7O/c1-14-4-2-7-27-12-16(24-18(14)27)20(28)26-9-3-8-25(10-11-26)19-15-5-6-21-17(15)22-13-23-19/h2,4-7,12-13H,3,8-11H2,1H3,(H,21,22,23). The van der Waals surface area contributed by atoms with Gasteiger partial charge in [0.05, 0.1) is 5.39 Å². The molecule has 8 nitrogen and oxygen atoms in total. The lowest BCUT2D eigenvalue weighted by atomic mass is 10.3. The summed E-state index contributed by atoms with van der Waals surface area (Å²) in [4.78, 5) is 33.6. The van der Waals surface area contributed by atoms with Gasteiger partial charge in [0.15, 0.2) is 0 Å². The fourth-order valence-corrected chi connectivity index (χ4v) is 3.86. The van der Waals surface area contributed by atoms with Crippen LogP contribution in [0.1, 0.15) is 22.5 Å². The molecule has 0 aromatic carbocycles. The molecule has 4 aromatic rings. The highest BCUT2D eigenvalue weighted by atomic mass is 16.2. The number of H-pyrrole nitrogens is 1. The van der Waals surface area contributed by atoms with Crippen molar-refractivity contribution in [3.8, 4) is 0 Å². The molecule has 8 heteroatoms. The lowest BCUT2D eigenvalue weighted by Crippen LogP contribution is -2.35. The molecule has 5 rings (SSSR count). The topological polar surface area (TPSA) is 82.4 Å². The molecular weight excluding hydrogens is 354 g/mol. The van der Waals surface area contributed by atoms with Crippen molar-refractivity contribution in [2.45, 2.75) is 13.3 Å². The van der Waals surface area contributed by atoms with Gasteiger partial charge in [-0.3, -0.25) is 4.79 Å². The van der Waals surface area contributed by atoms with Gasteiger partial charge in [0, 0.05) is 44.8 Å². The second-order valence-corrected chi connectivity index (χ2v) is 7.12. The molecule has 28 heavy (non-hydrogen) atoms. The summed E-state index contributed by atoms with van der Waals surface area (Å²) in [5, 5.41) is 1.01. The van der Waals surface area contributed by atoms with Crippen LogP contribution >= 0.6 is 0 Å². The number of carbonyl (C=O) groups is 1. The molecule has 0 bridgehead atoms. The minimum Gasteiger partial charge on any atom is -0.354 e. The zero-order valence-corrected chi connectivity index (χ0v) is 15.7. The molecule has 0 radical (unpaired) electrons. The number of pyridine rings is 1. The Morgan fingerprint density at radius 1 is 1.14 bits per heavy atom. The Kier molecular flexibility index (Phi) is 3.96. The average molecular weight is 375 g/mol. The van der Waals surface area contributed by atoms with Gasteiger partial charge in [-0.2, -0.15) is 0 Å². The van der Waals surface area contributed by atoms with Crippen LogP contribution in [0.5, 0.6) is 0 Å². The summed E-state index contributed by atoms with van der Waals surface area (Å²) in [5.74, 6) is 0.906. The van der Waals surface area contributed by atoms with E-state index in [4.69, 9.17) is 0 Å². The monoisotopic (exact) mass is 375 g/mol. The highest BCUT2D eigenvalue weighted by molar-refractivity contribution is 5.93. The lowest BCUT2D eigenvalue weighted by molar-refractivity contribution is 0.0762.